The monoisotopic (exact) mass is 224 g/mol. The van der Waals surface area contributed by atoms with Gasteiger partial charge in [0.05, 0.1) is 11.9 Å². The highest BCUT2D eigenvalue weighted by Crippen LogP contribution is 2.03. The number of rotatable bonds is 5. The van der Waals surface area contributed by atoms with Crippen LogP contribution in [-0.4, -0.2) is 34.2 Å². The van der Waals surface area contributed by atoms with Crippen molar-refractivity contribution in [3.8, 4) is 0 Å². The van der Waals surface area contributed by atoms with Gasteiger partial charge in [-0.1, -0.05) is 0 Å². The molecule has 4 nitrogen and oxygen atoms in total. The van der Waals surface area contributed by atoms with Gasteiger partial charge >= 0.3 is 11.9 Å². The quantitative estimate of drug-likeness (QED) is 0.473. The van der Waals surface area contributed by atoms with E-state index in [1.54, 1.807) is 6.92 Å². The van der Waals surface area contributed by atoms with E-state index >= 15 is 0 Å². The average molecular weight is 224 g/mol. The number of carbonyl (C=O) groups is 2. The maximum atomic E-state index is 10.8. The van der Waals surface area contributed by atoms with Crippen LogP contribution in [0.5, 0.6) is 0 Å². The Morgan fingerprint density at radius 1 is 1.46 bits per heavy atom. The minimum atomic E-state index is -1.02. The maximum Gasteiger partial charge on any atom is 0.318 e. The Labute approximate surface area is 87.5 Å². The van der Waals surface area contributed by atoms with E-state index in [1.165, 1.54) is 0 Å². The van der Waals surface area contributed by atoms with Crippen molar-refractivity contribution in [1.82, 2.24) is 0 Å². The third-order valence-corrected chi connectivity index (χ3v) is 1.95. The van der Waals surface area contributed by atoms with Crippen LogP contribution < -0.4 is 0 Å². The van der Waals surface area contributed by atoms with Gasteiger partial charge in [0.25, 0.3) is 0 Å². The number of aliphatic carboxylic acids is 1. The zero-order chi connectivity index (χ0) is 10.4. The highest BCUT2D eigenvalue weighted by atomic mass is 32.1. The lowest BCUT2D eigenvalue weighted by atomic mass is 10.3. The van der Waals surface area contributed by atoms with Crippen LogP contribution in [0, 0.1) is 0 Å². The number of carboxylic acids is 1. The first-order chi connectivity index (χ1) is 5.95. The van der Waals surface area contributed by atoms with Crippen LogP contribution in [-0.2, 0) is 14.3 Å². The summed E-state index contributed by atoms with van der Waals surface area (Å²) in [6, 6.07) is 0. The number of hydrogen-bond donors (Lipinski definition) is 3. The van der Waals surface area contributed by atoms with E-state index in [4.69, 9.17) is 9.84 Å². The van der Waals surface area contributed by atoms with E-state index in [1.807, 2.05) is 0 Å². The minimum absolute atomic E-state index is 0.0597. The van der Waals surface area contributed by atoms with Crippen LogP contribution in [0.25, 0.3) is 0 Å². The number of carbonyl (C=O) groups excluding carboxylic acids is 1. The first-order valence-electron chi connectivity index (χ1n) is 3.70. The fourth-order valence-electron chi connectivity index (χ4n) is 0.515. The Bertz CT molecular complexity index is 193. The third-order valence-electron chi connectivity index (χ3n) is 1.26. The topological polar surface area (TPSA) is 63.6 Å². The van der Waals surface area contributed by atoms with Crippen molar-refractivity contribution in [1.29, 1.82) is 0 Å². The molecule has 0 aromatic carbocycles. The predicted molar refractivity (Wildman–Crippen MR) is 54.4 cm³/mol. The van der Waals surface area contributed by atoms with Crippen molar-refractivity contribution < 1.29 is 19.4 Å². The molecule has 0 spiro atoms. The lowest BCUT2D eigenvalue weighted by Gasteiger charge is -2.07. The molecular weight excluding hydrogens is 212 g/mol. The molecular formula is C7H12O4S2. The van der Waals surface area contributed by atoms with Crippen molar-refractivity contribution in [3.63, 3.8) is 0 Å². The van der Waals surface area contributed by atoms with Crippen LogP contribution in [0.4, 0.5) is 0 Å². The molecule has 0 saturated carbocycles. The summed E-state index contributed by atoms with van der Waals surface area (Å²) >= 11 is 7.62. The van der Waals surface area contributed by atoms with Gasteiger partial charge in [0.15, 0.2) is 0 Å². The van der Waals surface area contributed by atoms with Crippen LogP contribution >= 0.6 is 25.3 Å². The molecule has 0 aromatic heterocycles. The number of thiol groups is 2. The molecule has 0 aliphatic rings. The van der Waals surface area contributed by atoms with Crippen molar-refractivity contribution in [2.24, 2.45) is 0 Å². The van der Waals surface area contributed by atoms with Gasteiger partial charge in [0.1, 0.15) is 5.25 Å². The molecule has 2 atom stereocenters. The molecule has 0 saturated heterocycles. The fourth-order valence-corrected chi connectivity index (χ4v) is 0.695. The number of carboxylic acid groups (broad SMARTS) is 1. The smallest absolute Gasteiger partial charge is 0.318 e. The molecule has 2 unspecified atom stereocenters. The number of hydrogen-bond acceptors (Lipinski definition) is 5. The molecule has 0 aliphatic carbocycles. The van der Waals surface area contributed by atoms with Gasteiger partial charge in [0, 0.05) is 6.42 Å². The van der Waals surface area contributed by atoms with Gasteiger partial charge in [-0.05, 0) is 6.92 Å². The molecule has 0 heterocycles. The van der Waals surface area contributed by atoms with Crippen LogP contribution in [0.15, 0.2) is 0 Å². The number of esters is 1. The van der Waals surface area contributed by atoms with E-state index in [0.717, 1.165) is 0 Å². The predicted octanol–water partition coefficient (Wildman–Crippen LogP) is 0.621. The summed E-state index contributed by atoms with van der Waals surface area (Å²) in [5.74, 6) is -1.47. The first kappa shape index (κ1) is 12.6. The summed E-state index contributed by atoms with van der Waals surface area (Å²) in [6.45, 7) is 1.64. The molecule has 13 heavy (non-hydrogen) atoms. The summed E-state index contributed by atoms with van der Waals surface area (Å²) in [6.07, 6.45) is 0.199. The summed E-state index contributed by atoms with van der Waals surface area (Å²) < 4.78 is 4.70. The normalized spacial score (nSPS) is 14.7. The Morgan fingerprint density at radius 2 is 2.00 bits per heavy atom. The minimum Gasteiger partial charge on any atom is -0.480 e. The van der Waals surface area contributed by atoms with E-state index in [2.05, 4.69) is 25.3 Å². The standard InChI is InChI=1S/C7H12O4S2/c1-4(12)7(10)11-3-2-5(13)6(8)9/h4-5,12-13H,2-3H2,1H3,(H,8,9). The van der Waals surface area contributed by atoms with E-state index < -0.39 is 22.4 Å². The van der Waals surface area contributed by atoms with Crippen molar-refractivity contribution in [3.05, 3.63) is 0 Å². The third kappa shape index (κ3) is 5.81. The van der Waals surface area contributed by atoms with Crippen LogP contribution in [0.3, 0.4) is 0 Å². The van der Waals surface area contributed by atoms with Crippen molar-refractivity contribution in [2.45, 2.75) is 23.8 Å². The highest BCUT2D eigenvalue weighted by molar-refractivity contribution is 7.82. The second kappa shape index (κ2) is 6.15. The summed E-state index contributed by atoms with van der Waals surface area (Å²) in [7, 11) is 0. The zero-order valence-electron chi connectivity index (χ0n) is 7.14. The largest absolute Gasteiger partial charge is 0.480 e. The maximum absolute atomic E-state index is 10.8. The highest BCUT2D eigenvalue weighted by Gasteiger charge is 2.14. The molecule has 1 N–H and O–H groups in total. The van der Waals surface area contributed by atoms with Crippen LogP contribution in [0.2, 0.25) is 0 Å². The van der Waals surface area contributed by atoms with E-state index in [-0.39, 0.29) is 13.0 Å². The molecule has 0 aliphatic heterocycles. The van der Waals surface area contributed by atoms with Crippen molar-refractivity contribution >= 4 is 37.2 Å². The summed E-state index contributed by atoms with van der Waals surface area (Å²) in [5, 5.41) is 7.15. The van der Waals surface area contributed by atoms with Gasteiger partial charge in [-0.2, -0.15) is 25.3 Å². The van der Waals surface area contributed by atoms with E-state index in [0.29, 0.717) is 0 Å². The second-order valence-electron chi connectivity index (χ2n) is 2.49. The fraction of sp³-hybridized carbons (Fsp3) is 0.714. The van der Waals surface area contributed by atoms with Crippen LogP contribution in [0.1, 0.15) is 13.3 Å². The SMILES string of the molecule is CC(S)C(=O)OCCC(S)C(=O)O. The molecule has 0 radical (unpaired) electrons. The summed E-state index contributed by atoms with van der Waals surface area (Å²) in [4.78, 5) is 21.1. The van der Waals surface area contributed by atoms with Gasteiger partial charge < -0.3 is 9.84 Å². The Balaban J connectivity index is 3.56. The molecule has 0 aromatic rings. The first-order valence-corrected chi connectivity index (χ1v) is 4.74. The Morgan fingerprint density at radius 3 is 2.38 bits per heavy atom. The molecule has 0 rings (SSSR count). The summed E-state index contributed by atoms with van der Waals surface area (Å²) in [5.41, 5.74) is 0. The zero-order valence-corrected chi connectivity index (χ0v) is 8.92. The average Bonchev–Trinajstić information content (AvgIpc) is 2.03. The lowest BCUT2D eigenvalue weighted by Crippen LogP contribution is -2.20. The van der Waals surface area contributed by atoms with Gasteiger partial charge in [-0.3, -0.25) is 9.59 Å². The molecule has 6 heteroatoms. The number of ether oxygens (including phenoxy) is 1. The lowest BCUT2D eigenvalue weighted by molar-refractivity contribution is -0.144. The van der Waals surface area contributed by atoms with Gasteiger partial charge in [-0.15, -0.1) is 0 Å². The van der Waals surface area contributed by atoms with Crippen molar-refractivity contribution in [2.75, 3.05) is 6.61 Å². The van der Waals surface area contributed by atoms with Gasteiger partial charge in [-0.25, -0.2) is 0 Å². The van der Waals surface area contributed by atoms with Gasteiger partial charge in [0.2, 0.25) is 0 Å². The molecule has 0 fully saturated rings. The molecule has 0 amide bonds. The van der Waals surface area contributed by atoms with E-state index in [9.17, 15) is 9.59 Å². The second-order valence-corrected chi connectivity index (χ2v) is 3.88. The Hall–Kier alpha value is -0.360. The molecule has 76 valence electrons. The Kier molecular flexibility index (Phi) is 5.98. The molecule has 0 bridgehead atoms.